The van der Waals surface area contributed by atoms with Crippen LogP contribution < -0.4 is 4.73 Å². The smallest absolute Gasteiger partial charge is 0.268 e. The molecule has 1 N–H and O–H groups in total. The highest BCUT2D eigenvalue weighted by Gasteiger charge is 2.31. The summed E-state index contributed by atoms with van der Waals surface area (Å²) >= 11 is 6.31. The van der Waals surface area contributed by atoms with Gasteiger partial charge in [0.15, 0.2) is 0 Å². The lowest BCUT2D eigenvalue weighted by Crippen LogP contribution is -2.39. The maximum atomic E-state index is 12.8. The predicted octanol–water partition coefficient (Wildman–Crippen LogP) is 4.03. The number of halogens is 1. The van der Waals surface area contributed by atoms with E-state index in [-0.39, 0.29) is 5.91 Å². The van der Waals surface area contributed by atoms with Crippen LogP contribution in [0.4, 0.5) is 0 Å². The van der Waals surface area contributed by atoms with Crippen molar-refractivity contribution in [2.75, 3.05) is 13.1 Å². The van der Waals surface area contributed by atoms with E-state index in [2.05, 4.69) is 17.1 Å². The van der Waals surface area contributed by atoms with E-state index < -0.39 is 0 Å². The molecule has 0 radical (unpaired) electrons. The van der Waals surface area contributed by atoms with Crippen molar-refractivity contribution >= 4 is 23.1 Å². The predicted molar refractivity (Wildman–Crippen MR) is 122 cm³/mol. The van der Waals surface area contributed by atoms with Crippen molar-refractivity contribution in [2.24, 2.45) is 0 Å². The summed E-state index contributed by atoms with van der Waals surface area (Å²) in [7, 11) is 0. The molecule has 0 unspecified atom stereocenters. The Hall–Kier alpha value is -3.18. The number of nitrogens with zero attached hydrogens (tertiary/aromatic N) is 3. The molecule has 3 aromatic rings. The molecule has 0 saturated carbocycles. The SMILES string of the molecule is O=C(Cc1ccncc1)N1CCC(=C2c3ccc(Cl)cc3CCc3ccc[n+](O)c32)CC1. The van der Waals surface area contributed by atoms with Crippen LogP contribution in [0.5, 0.6) is 0 Å². The molecule has 162 valence electrons. The van der Waals surface area contributed by atoms with Gasteiger partial charge in [-0.25, -0.2) is 0 Å². The van der Waals surface area contributed by atoms with Crippen LogP contribution in [0, 0.1) is 0 Å². The molecule has 1 aliphatic heterocycles. The van der Waals surface area contributed by atoms with Crippen LogP contribution in [0.15, 0.2) is 66.6 Å². The second-order valence-electron chi connectivity index (χ2n) is 8.42. The summed E-state index contributed by atoms with van der Waals surface area (Å²) in [5, 5.41) is 11.5. The van der Waals surface area contributed by atoms with Crippen molar-refractivity contribution in [2.45, 2.75) is 32.1 Å². The normalized spacial score (nSPS) is 15.7. The van der Waals surface area contributed by atoms with Gasteiger partial charge in [-0.15, -0.1) is 0 Å². The van der Waals surface area contributed by atoms with E-state index in [1.807, 2.05) is 35.2 Å². The Morgan fingerprint density at radius 1 is 1.03 bits per heavy atom. The number of aryl methyl sites for hydroxylation is 2. The Labute approximate surface area is 192 Å². The highest BCUT2D eigenvalue weighted by atomic mass is 35.5. The van der Waals surface area contributed by atoms with Gasteiger partial charge in [-0.1, -0.05) is 23.2 Å². The van der Waals surface area contributed by atoms with Gasteiger partial charge in [-0.05, 0) is 72.7 Å². The van der Waals surface area contributed by atoms with Gasteiger partial charge in [0.1, 0.15) is 0 Å². The molecule has 1 saturated heterocycles. The maximum Gasteiger partial charge on any atom is 0.268 e. The lowest BCUT2D eigenvalue weighted by atomic mass is 9.88. The average Bonchev–Trinajstić information content (AvgIpc) is 2.97. The molecule has 2 aliphatic rings. The van der Waals surface area contributed by atoms with E-state index in [9.17, 15) is 10.0 Å². The monoisotopic (exact) mass is 446 g/mol. The number of fused-ring (bicyclic) bond motifs is 2. The number of aromatic nitrogens is 2. The Morgan fingerprint density at radius 3 is 2.56 bits per heavy atom. The molecular weight excluding hydrogens is 422 g/mol. The lowest BCUT2D eigenvalue weighted by Gasteiger charge is -2.30. The molecule has 1 aromatic carbocycles. The summed E-state index contributed by atoms with van der Waals surface area (Å²) in [4.78, 5) is 18.8. The van der Waals surface area contributed by atoms with Gasteiger partial charge in [0, 0.05) is 46.9 Å². The third-order valence-corrected chi connectivity index (χ3v) is 6.71. The van der Waals surface area contributed by atoms with Crippen molar-refractivity contribution in [1.82, 2.24) is 9.88 Å². The van der Waals surface area contributed by atoms with Crippen LogP contribution in [0.1, 0.15) is 40.8 Å². The summed E-state index contributed by atoms with van der Waals surface area (Å²) in [5.74, 6) is 0.144. The Kier molecular flexibility index (Phi) is 5.66. The fourth-order valence-electron chi connectivity index (χ4n) is 4.85. The Morgan fingerprint density at radius 2 is 1.78 bits per heavy atom. The second kappa shape index (κ2) is 8.75. The van der Waals surface area contributed by atoms with Gasteiger partial charge < -0.3 is 4.90 Å². The zero-order valence-corrected chi connectivity index (χ0v) is 18.6. The highest BCUT2D eigenvalue weighted by molar-refractivity contribution is 6.30. The molecule has 1 aliphatic carbocycles. The van der Waals surface area contributed by atoms with Gasteiger partial charge in [0.05, 0.1) is 12.0 Å². The lowest BCUT2D eigenvalue weighted by molar-refractivity contribution is -0.906. The van der Waals surface area contributed by atoms with Crippen LogP contribution >= 0.6 is 11.6 Å². The van der Waals surface area contributed by atoms with E-state index in [1.165, 1.54) is 15.9 Å². The van der Waals surface area contributed by atoms with E-state index in [0.29, 0.717) is 19.5 Å². The molecule has 0 atom stereocenters. The zero-order chi connectivity index (χ0) is 22.1. The quantitative estimate of drug-likeness (QED) is 0.477. The number of amides is 1. The van der Waals surface area contributed by atoms with Crippen molar-refractivity contribution in [3.8, 4) is 0 Å². The van der Waals surface area contributed by atoms with Gasteiger partial charge in [-0.3, -0.25) is 15.0 Å². The molecule has 5 rings (SSSR count). The standard InChI is InChI=1S/C26H25ClN3O2/c27-22-5-6-23-21(17-22)4-3-20-2-1-13-30(32)26(20)25(23)19-9-14-29(15-10-19)24(31)16-18-7-11-28-12-8-18/h1-2,5-8,11-13,17,32H,3-4,9-10,14-16H2/q+1. The number of rotatable bonds is 2. The number of benzene rings is 1. The number of likely N-dealkylation sites (tertiary alicyclic amines) is 1. The van der Waals surface area contributed by atoms with E-state index in [4.69, 9.17) is 11.6 Å². The third-order valence-electron chi connectivity index (χ3n) is 6.47. The number of hydrogen-bond acceptors (Lipinski definition) is 3. The Bertz CT molecular complexity index is 1200. The largest absolute Gasteiger partial charge is 0.342 e. The molecule has 3 heterocycles. The summed E-state index contributed by atoms with van der Waals surface area (Å²) in [6.45, 7) is 1.36. The van der Waals surface area contributed by atoms with Gasteiger partial charge in [0.25, 0.3) is 5.69 Å². The van der Waals surface area contributed by atoms with Crippen LogP contribution in [0.25, 0.3) is 5.57 Å². The zero-order valence-electron chi connectivity index (χ0n) is 17.8. The van der Waals surface area contributed by atoms with E-state index in [0.717, 1.165) is 58.7 Å². The third kappa shape index (κ3) is 4.00. The molecule has 1 amide bonds. The molecular formula is C26H25ClN3O2+. The molecule has 0 spiro atoms. The molecule has 0 bridgehead atoms. The number of piperidine rings is 1. The minimum Gasteiger partial charge on any atom is -0.342 e. The first-order chi connectivity index (χ1) is 15.6. The summed E-state index contributed by atoms with van der Waals surface area (Å²) in [6, 6.07) is 13.8. The van der Waals surface area contributed by atoms with Crippen LogP contribution in [-0.2, 0) is 24.1 Å². The average molecular weight is 447 g/mol. The molecule has 32 heavy (non-hydrogen) atoms. The summed E-state index contributed by atoms with van der Waals surface area (Å²) in [6.07, 6.45) is 8.82. The van der Waals surface area contributed by atoms with Crippen molar-refractivity contribution in [1.29, 1.82) is 0 Å². The molecule has 5 nitrogen and oxygen atoms in total. The number of pyridine rings is 2. The van der Waals surface area contributed by atoms with Crippen LogP contribution in [0.2, 0.25) is 5.02 Å². The van der Waals surface area contributed by atoms with Gasteiger partial charge in [-0.2, -0.15) is 0 Å². The minimum atomic E-state index is 0.144. The fraction of sp³-hybridized carbons (Fsp3) is 0.269. The van der Waals surface area contributed by atoms with Gasteiger partial charge in [0.2, 0.25) is 12.1 Å². The van der Waals surface area contributed by atoms with E-state index in [1.54, 1.807) is 18.6 Å². The number of carbonyl (C=O) groups excluding carboxylic acids is 1. The topological polar surface area (TPSA) is 57.3 Å². The molecule has 6 heteroatoms. The minimum absolute atomic E-state index is 0.144. The number of hydrogen-bond donors (Lipinski definition) is 1. The van der Waals surface area contributed by atoms with E-state index >= 15 is 0 Å². The molecule has 1 fully saturated rings. The molecule has 2 aromatic heterocycles. The Balaban J connectivity index is 1.48. The van der Waals surface area contributed by atoms with Crippen molar-refractivity contribution < 1.29 is 14.7 Å². The first-order valence-electron chi connectivity index (χ1n) is 11.0. The van der Waals surface area contributed by atoms with Crippen molar-refractivity contribution in [3.05, 3.63) is 99.6 Å². The van der Waals surface area contributed by atoms with Crippen molar-refractivity contribution in [3.63, 3.8) is 0 Å². The van der Waals surface area contributed by atoms with Crippen LogP contribution in [0.3, 0.4) is 0 Å². The second-order valence-corrected chi connectivity index (χ2v) is 8.86. The first kappa shape index (κ1) is 20.7. The number of carbonyl (C=O) groups is 1. The first-order valence-corrected chi connectivity index (χ1v) is 11.4. The van der Waals surface area contributed by atoms with Gasteiger partial charge >= 0.3 is 0 Å². The maximum absolute atomic E-state index is 12.8. The highest BCUT2D eigenvalue weighted by Crippen LogP contribution is 2.38. The fourth-order valence-corrected chi connectivity index (χ4v) is 5.04. The summed E-state index contributed by atoms with van der Waals surface area (Å²) < 4.78 is 1.25. The summed E-state index contributed by atoms with van der Waals surface area (Å²) in [5.41, 5.74) is 7.67. The van der Waals surface area contributed by atoms with Crippen LogP contribution in [-0.4, -0.2) is 34.1 Å².